The highest BCUT2D eigenvalue weighted by Gasteiger charge is 2.18. The molecule has 0 atom stereocenters. The van der Waals surface area contributed by atoms with E-state index < -0.39 is 0 Å². The maximum Gasteiger partial charge on any atom is 0.0540 e. The molecule has 1 nitrogen and oxygen atoms in total. The van der Waals surface area contributed by atoms with Gasteiger partial charge in [0, 0.05) is 37.1 Å². The van der Waals surface area contributed by atoms with E-state index in [1.54, 1.807) is 0 Å². The van der Waals surface area contributed by atoms with Crippen LogP contribution in [0.5, 0.6) is 0 Å². The summed E-state index contributed by atoms with van der Waals surface area (Å²) in [6, 6.07) is 63.9. The molecule has 2 heteroatoms. The molecule has 1 heterocycles. The predicted octanol–water partition coefficient (Wildman–Crippen LogP) is 13.2. The average molecular weight is 604 g/mol. The summed E-state index contributed by atoms with van der Waals surface area (Å²) in [4.78, 5) is 2.39. The fourth-order valence-electron chi connectivity index (χ4n) is 6.81. The van der Waals surface area contributed by atoms with Crippen molar-refractivity contribution in [2.75, 3.05) is 4.90 Å². The summed E-state index contributed by atoms with van der Waals surface area (Å²) in [6.07, 6.45) is 0. The summed E-state index contributed by atoms with van der Waals surface area (Å²) in [6.45, 7) is 0. The number of benzene rings is 8. The minimum Gasteiger partial charge on any atom is -0.310 e. The van der Waals surface area contributed by atoms with Crippen molar-refractivity contribution < 1.29 is 0 Å². The third-order valence-corrected chi connectivity index (χ3v) is 10.2. The second-order valence-electron chi connectivity index (χ2n) is 11.8. The molecule has 9 aromatic rings. The van der Waals surface area contributed by atoms with Crippen LogP contribution in [0.4, 0.5) is 17.1 Å². The molecule has 0 aliphatic carbocycles. The lowest BCUT2D eigenvalue weighted by Gasteiger charge is -2.28. The van der Waals surface area contributed by atoms with Gasteiger partial charge >= 0.3 is 0 Å². The van der Waals surface area contributed by atoms with Crippen molar-refractivity contribution in [3.8, 4) is 22.3 Å². The van der Waals surface area contributed by atoms with Crippen molar-refractivity contribution in [3.05, 3.63) is 176 Å². The molecule has 0 N–H and O–H groups in total. The van der Waals surface area contributed by atoms with Gasteiger partial charge < -0.3 is 4.90 Å². The van der Waals surface area contributed by atoms with Crippen molar-refractivity contribution in [2.45, 2.75) is 0 Å². The van der Waals surface area contributed by atoms with Gasteiger partial charge in [-0.2, -0.15) is 0 Å². The van der Waals surface area contributed by atoms with Crippen LogP contribution in [0.2, 0.25) is 0 Å². The minimum absolute atomic E-state index is 1.12. The molecule has 0 radical (unpaired) electrons. The van der Waals surface area contributed by atoms with Crippen molar-refractivity contribution >= 4 is 70.1 Å². The third kappa shape index (κ3) is 4.54. The molecule has 0 amide bonds. The van der Waals surface area contributed by atoms with Crippen LogP contribution in [0.25, 0.3) is 64.0 Å². The van der Waals surface area contributed by atoms with Gasteiger partial charge in [-0.15, -0.1) is 11.3 Å². The smallest absolute Gasteiger partial charge is 0.0540 e. The van der Waals surface area contributed by atoms with E-state index in [0.717, 1.165) is 17.1 Å². The first-order valence-corrected chi connectivity index (χ1v) is 16.5. The van der Waals surface area contributed by atoms with Crippen molar-refractivity contribution in [1.82, 2.24) is 0 Å². The molecular formula is C44H29NS. The molecule has 0 aliphatic heterocycles. The highest BCUT2D eigenvalue weighted by Crippen LogP contribution is 2.43. The van der Waals surface area contributed by atoms with Gasteiger partial charge in [-0.05, 0) is 86.8 Å². The first-order valence-electron chi connectivity index (χ1n) is 15.7. The van der Waals surface area contributed by atoms with Crippen LogP contribution in [0.1, 0.15) is 0 Å². The van der Waals surface area contributed by atoms with E-state index >= 15 is 0 Å². The second-order valence-corrected chi connectivity index (χ2v) is 12.9. The first kappa shape index (κ1) is 26.7. The Labute approximate surface area is 272 Å². The number of fused-ring (bicyclic) bond motifs is 6. The van der Waals surface area contributed by atoms with Crippen LogP contribution in [0.15, 0.2) is 176 Å². The van der Waals surface area contributed by atoms with Crippen molar-refractivity contribution in [1.29, 1.82) is 0 Å². The predicted molar refractivity (Wildman–Crippen MR) is 200 cm³/mol. The molecule has 0 saturated heterocycles. The number of anilines is 3. The number of nitrogens with zero attached hydrogens (tertiary/aromatic N) is 1. The maximum atomic E-state index is 2.39. The number of rotatable bonds is 5. The van der Waals surface area contributed by atoms with Crippen LogP contribution >= 0.6 is 11.3 Å². The van der Waals surface area contributed by atoms with E-state index in [-0.39, 0.29) is 0 Å². The fraction of sp³-hybridized carbons (Fsp3) is 0. The standard InChI is InChI=1S/C44H29NS/c1-2-11-32(12-3-1)38-14-6-8-16-41(38)45(37-25-20-30-10-4-5-13-33(30)29-37)36-23-18-31(19-24-36)34-21-26-39-35(28-34)22-27-43-44(39)40-15-7-9-17-42(40)46-43/h1-29H. The Morgan fingerprint density at radius 2 is 1.07 bits per heavy atom. The third-order valence-electron chi connectivity index (χ3n) is 9.04. The maximum absolute atomic E-state index is 2.39. The Hall–Kier alpha value is -5.70. The summed E-state index contributed by atoms with van der Waals surface area (Å²) < 4.78 is 2.69. The van der Waals surface area contributed by atoms with Crippen molar-refractivity contribution in [3.63, 3.8) is 0 Å². The zero-order valence-electron chi connectivity index (χ0n) is 25.1. The summed E-state index contributed by atoms with van der Waals surface area (Å²) in [7, 11) is 0. The topological polar surface area (TPSA) is 3.24 Å². The minimum atomic E-state index is 1.12. The summed E-state index contributed by atoms with van der Waals surface area (Å²) in [5.74, 6) is 0. The molecule has 0 saturated carbocycles. The van der Waals surface area contributed by atoms with E-state index in [9.17, 15) is 0 Å². The van der Waals surface area contributed by atoms with Gasteiger partial charge in [0.2, 0.25) is 0 Å². The van der Waals surface area contributed by atoms with Crippen LogP contribution in [0.3, 0.4) is 0 Å². The lowest BCUT2D eigenvalue weighted by Crippen LogP contribution is -2.11. The number of para-hydroxylation sites is 1. The number of thiophene rings is 1. The molecule has 0 fully saturated rings. The molecule has 0 unspecified atom stereocenters. The zero-order chi connectivity index (χ0) is 30.5. The van der Waals surface area contributed by atoms with Crippen LogP contribution < -0.4 is 4.90 Å². The quantitative estimate of drug-likeness (QED) is 0.189. The first-order chi connectivity index (χ1) is 22.8. The largest absolute Gasteiger partial charge is 0.310 e. The molecular weight excluding hydrogens is 575 g/mol. The Balaban J connectivity index is 1.16. The second kappa shape index (κ2) is 11.0. The SMILES string of the molecule is c1ccc(-c2ccccc2N(c2ccc(-c3ccc4c(ccc5sc6ccccc6c54)c3)cc2)c2ccc3ccccc3c2)cc1. The lowest BCUT2D eigenvalue weighted by molar-refractivity contribution is 1.29. The van der Waals surface area contributed by atoms with Crippen LogP contribution in [0, 0.1) is 0 Å². The molecule has 8 aromatic carbocycles. The van der Waals surface area contributed by atoms with E-state index in [1.165, 1.54) is 64.0 Å². The molecule has 0 bridgehead atoms. The van der Waals surface area contributed by atoms with Gasteiger partial charge in [-0.1, -0.05) is 127 Å². The highest BCUT2D eigenvalue weighted by molar-refractivity contribution is 7.26. The number of hydrogen-bond donors (Lipinski definition) is 0. The average Bonchev–Trinajstić information content (AvgIpc) is 3.52. The van der Waals surface area contributed by atoms with Gasteiger partial charge in [0.1, 0.15) is 0 Å². The summed E-state index contributed by atoms with van der Waals surface area (Å²) in [5, 5.41) is 7.75. The van der Waals surface area contributed by atoms with Gasteiger partial charge in [0.05, 0.1) is 5.69 Å². The zero-order valence-corrected chi connectivity index (χ0v) is 25.9. The van der Waals surface area contributed by atoms with Crippen LogP contribution in [-0.4, -0.2) is 0 Å². The molecule has 9 rings (SSSR count). The van der Waals surface area contributed by atoms with E-state index in [1.807, 2.05) is 11.3 Å². The monoisotopic (exact) mass is 603 g/mol. The normalized spacial score (nSPS) is 11.5. The molecule has 216 valence electrons. The summed E-state index contributed by atoms with van der Waals surface area (Å²) in [5.41, 5.74) is 8.22. The summed E-state index contributed by atoms with van der Waals surface area (Å²) >= 11 is 1.87. The van der Waals surface area contributed by atoms with E-state index in [4.69, 9.17) is 0 Å². The lowest BCUT2D eigenvalue weighted by atomic mass is 9.98. The Morgan fingerprint density at radius 3 is 1.96 bits per heavy atom. The van der Waals surface area contributed by atoms with Gasteiger partial charge in [-0.25, -0.2) is 0 Å². The van der Waals surface area contributed by atoms with E-state index in [0.29, 0.717) is 0 Å². The molecule has 46 heavy (non-hydrogen) atoms. The Bertz CT molecular complexity index is 2530. The van der Waals surface area contributed by atoms with Gasteiger partial charge in [-0.3, -0.25) is 0 Å². The van der Waals surface area contributed by atoms with Crippen molar-refractivity contribution in [2.24, 2.45) is 0 Å². The van der Waals surface area contributed by atoms with Gasteiger partial charge in [0.15, 0.2) is 0 Å². The Kier molecular flexibility index (Phi) is 6.40. The number of hydrogen-bond acceptors (Lipinski definition) is 2. The Morgan fingerprint density at radius 1 is 0.370 bits per heavy atom. The molecule has 0 spiro atoms. The van der Waals surface area contributed by atoms with Crippen LogP contribution in [-0.2, 0) is 0 Å². The fourth-order valence-corrected chi connectivity index (χ4v) is 7.93. The molecule has 0 aliphatic rings. The highest BCUT2D eigenvalue weighted by atomic mass is 32.1. The van der Waals surface area contributed by atoms with Gasteiger partial charge in [0.25, 0.3) is 0 Å². The van der Waals surface area contributed by atoms with E-state index in [2.05, 4.69) is 181 Å². The molecule has 1 aromatic heterocycles.